The minimum absolute atomic E-state index is 0.119. The van der Waals surface area contributed by atoms with Crippen LogP contribution in [0.25, 0.3) is 0 Å². The molecule has 0 saturated heterocycles. The topological polar surface area (TPSA) is 73.3 Å². The van der Waals surface area contributed by atoms with Crippen LogP contribution < -0.4 is 29.6 Å². The van der Waals surface area contributed by atoms with Gasteiger partial charge in [-0.2, -0.15) is 0 Å². The molecule has 29 heavy (non-hydrogen) atoms. The number of nitrogens with zero attached hydrogens (tertiary/aromatic N) is 1. The van der Waals surface area contributed by atoms with E-state index in [2.05, 4.69) is 41.6 Å². The normalized spacial score (nSPS) is 15.2. The second-order valence-corrected chi connectivity index (χ2v) is 7.71. The van der Waals surface area contributed by atoms with Crippen molar-refractivity contribution in [3.05, 3.63) is 47.5 Å². The van der Waals surface area contributed by atoms with Crippen molar-refractivity contribution in [2.24, 2.45) is 4.99 Å². The maximum absolute atomic E-state index is 5.72. The van der Waals surface area contributed by atoms with Gasteiger partial charge in [0.05, 0.1) is 0 Å². The minimum atomic E-state index is -0.119. The Morgan fingerprint density at radius 1 is 0.897 bits per heavy atom. The maximum Gasteiger partial charge on any atom is 0.231 e. The number of ether oxygens (including phenoxy) is 4. The van der Waals surface area contributed by atoms with E-state index in [9.17, 15) is 0 Å². The summed E-state index contributed by atoms with van der Waals surface area (Å²) >= 11 is 0. The van der Waals surface area contributed by atoms with E-state index in [4.69, 9.17) is 18.9 Å². The summed E-state index contributed by atoms with van der Waals surface area (Å²) < 4.78 is 22.1. The lowest BCUT2D eigenvalue weighted by molar-refractivity contribution is 0.171. The van der Waals surface area contributed by atoms with Gasteiger partial charge in [0.25, 0.3) is 0 Å². The Hall–Kier alpha value is -3.09. The molecule has 2 aromatic carbocycles. The van der Waals surface area contributed by atoms with Crippen molar-refractivity contribution in [3.8, 4) is 23.0 Å². The average Bonchev–Trinajstić information content (AvgIpc) is 3.21. The van der Waals surface area contributed by atoms with Gasteiger partial charge in [-0.25, -0.2) is 0 Å². The van der Waals surface area contributed by atoms with Crippen LogP contribution in [0.2, 0.25) is 0 Å². The number of rotatable bonds is 5. The van der Waals surface area contributed by atoms with E-state index >= 15 is 0 Å². The monoisotopic (exact) mass is 397 g/mol. The maximum atomic E-state index is 5.72. The molecular weight excluding hydrogens is 370 g/mol. The lowest BCUT2D eigenvalue weighted by Gasteiger charge is -2.28. The summed E-state index contributed by atoms with van der Waals surface area (Å²) in [5.74, 6) is 3.94. The Kier molecular flexibility index (Phi) is 5.38. The lowest BCUT2D eigenvalue weighted by Crippen LogP contribution is -2.43. The fourth-order valence-corrected chi connectivity index (χ4v) is 3.33. The van der Waals surface area contributed by atoms with Gasteiger partial charge in [0.15, 0.2) is 29.0 Å². The first kappa shape index (κ1) is 19.2. The van der Waals surface area contributed by atoms with Crippen LogP contribution in [0.1, 0.15) is 25.0 Å². The third kappa shape index (κ3) is 4.34. The number of benzene rings is 2. The molecule has 2 aliphatic heterocycles. The molecule has 2 N–H and O–H groups in total. The first-order valence-corrected chi connectivity index (χ1v) is 9.78. The van der Waals surface area contributed by atoms with Crippen molar-refractivity contribution in [3.63, 3.8) is 0 Å². The molecule has 0 radical (unpaired) electrons. The van der Waals surface area contributed by atoms with E-state index in [1.807, 2.05) is 24.3 Å². The van der Waals surface area contributed by atoms with Crippen molar-refractivity contribution < 1.29 is 18.9 Å². The number of aliphatic imine (C=N–C) groups is 1. The van der Waals surface area contributed by atoms with Crippen LogP contribution >= 0.6 is 0 Å². The molecule has 4 rings (SSSR count). The Morgan fingerprint density at radius 2 is 1.59 bits per heavy atom. The van der Waals surface area contributed by atoms with Gasteiger partial charge in [-0.3, -0.25) is 4.99 Å². The molecule has 0 bridgehead atoms. The molecule has 2 aliphatic rings. The van der Waals surface area contributed by atoms with Crippen LogP contribution in [-0.2, 0) is 12.0 Å². The Labute approximate surface area is 171 Å². The Morgan fingerprint density at radius 3 is 2.41 bits per heavy atom. The van der Waals surface area contributed by atoms with Crippen LogP contribution in [-0.4, -0.2) is 39.6 Å². The number of hydrogen-bond donors (Lipinski definition) is 2. The quantitative estimate of drug-likeness (QED) is 0.597. The molecule has 0 atom stereocenters. The highest BCUT2D eigenvalue weighted by Crippen LogP contribution is 2.35. The standard InChI is InChI=1S/C22H27N3O4/c1-22(2,16-5-7-17-20(11-16)27-9-8-26-17)13-25-21(23-3)24-12-15-4-6-18-19(10-15)29-14-28-18/h4-7,10-11H,8-9,12-14H2,1-3H3,(H2,23,24,25). The third-order valence-electron chi connectivity index (χ3n) is 5.14. The van der Waals surface area contributed by atoms with Gasteiger partial charge in [0.1, 0.15) is 13.2 Å². The van der Waals surface area contributed by atoms with E-state index in [-0.39, 0.29) is 12.2 Å². The average molecular weight is 397 g/mol. The molecule has 0 aromatic heterocycles. The zero-order valence-corrected chi connectivity index (χ0v) is 17.1. The number of guanidine groups is 1. The van der Waals surface area contributed by atoms with Crippen LogP contribution in [0.15, 0.2) is 41.4 Å². The summed E-state index contributed by atoms with van der Waals surface area (Å²) in [6.07, 6.45) is 0. The van der Waals surface area contributed by atoms with Gasteiger partial charge in [-0.15, -0.1) is 0 Å². The number of nitrogens with one attached hydrogen (secondary N) is 2. The van der Waals surface area contributed by atoms with Crippen LogP contribution in [0.5, 0.6) is 23.0 Å². The van der Waals surface area contributed by atoms with Crippen molar-refractivity contribution in [2.45, 2.75) is 25.8 Å². The molecule has 0 fully saturated rings. The van der Waals surface area contributed by atoms with Crippen molar-refractivity contribution in [1.29, 1.82) is 0 Å². The minimum Gasteiger partial charge on any atom is -0.486 e. The van der Waals surface area contributed by atoms with Crippen LogP contribution in [0.3, 0.4) is 0 Å². The SMILES string of the molecule is CN=C(NCc1ccc2c(c1)OCO2)NCC(C)(C)c1ccc2c(c1)OCCO2. The van der Waals surface area contributed by atoms with Gasteiger partial charge in [-0.1, -0.05) is 26.0 Å². The zero-order chi connectivity index (χ0) is 20.3. The molecular formula is C22H27N3O4. The largest absolute Gasteiger partial charge is 0.486 e. The Bertz CT molecular complexity index is 911. The molecule has 154 valence electrons. The van der Waals surface area contributed by atoms with Gasteiger partial charge in [0, 0.05) is 25.6 Å². The van der Waals surface area contributed by atoms with E-state index in [0.29, 0.717) is 26.3 Å². The van der Waals surface area contributed by atoms with Gasteiger partial charge >= 0.3 is 0 Å². The summed E-state index contributed by atoms with van der Waals surface area (Å²) in [5, 5.41) is 6.77. The zero-order valence-electron chi connectivity index (χ0n) is 17.1. The summed E-state index contributed by atoms with van der Waals surface area (Å²) in [4.78, 5) is 4.34. The second kappa shape index (κ2) is 8.11. The molecule has 0 spiro atoms. The van der Waals surface area contributed by atoms with Gasteiger partial charge in [0.2, 0.25) is 6.79 Å². The first-order chi connectivity index (χ1) is 14.0. The summed E-state index contributed by atoms with van der Waals surface area (Å²) in [5.41, 5.74) is 2.16. The lowest BCUT2D eigenvalue weighted by atomic mass is 9.84. The fourth-order valence-electron chi connectivity index (χ4n) is 3.33. The highest BCUT2D eigenvalue weighted by Gasteiger charge is 2.24. The number of fused-ring (bicyclic) bond motifs is 2. The first-order valence-electron chi connectivity index (χ1n) is 9.78. The molecule has 0 unspecified atom stereocenters. The van der Waals surface area contributed by atoms with Crippen LogP contribution in [0.4, 0.5) is 0 Å². The number of hydrogen-bond acceptors (Lipinski definition) is 5. The molecule has 0 aliphatic carbocycles. The highest BCUT2D eigenvalue weighted by molar-refractivity contribution is 5.79. The van der Waals surface area contributed by atoms with Gasteiger partial charge in [-0.05, 0) is 35.4 Å². The predicted molar refractivity (Wildman–Crippen MR) is 111 cm³/mol. The summed E-state index contributed by atoms with van der Waals surface area (Å²) in [7, 11) is 1.77. The molecule has 2 aromatic rings. The highest BCUT2D eigenvalue weighted by atomic mass is 16.7. The van der Waals surface area contributed by atoms with Crippen LogP contribution in [0, 0.1) is 0 Å². The fraction of sp³-hybridized carbons (Fsp3) is 0.409. The van der Waals surface area contributed by atoms with E-state index < -0.39 is 0 Å². The molecule has 7 heteroatoms. The molecule has 7 nitrogen and oxygen atoms in total. The van der Waals surface area contributed by atoms with E-state index in [0.717, 1.165) is 34.5 Å². The van der Waals surface area contributed by atoms with Gasteiger partial charge < -0.3 is 29.6 Å². The molecule has 0 saturated carbocycles. The molecule has 2 heterocycles. The smallest absolute Gasteiger partial charge is 0.231 e. The van der Waals surface area contributed by atoms with Crippen molar-refractivity contribution >= 4 is 5.96 Å². The van der Waals surface area contributed by atoms with Crippen molar-refractivity contribution in [2.75, 3.05) is 33.6 Å². The van der Waals surface area contributed by atoms with E-state index in [1.54, 1.807) is 7.05 Å². The second-order valence-electron chi connectivity index (χ2n) is 7.71. The Balaban J connectivity index is 1.35. The summed E-state index contributed by atoms with van der Waals surface area (Å²) in [6, 6.07) is 12.1. The summed E-state index contributed by atoms with van der Waals surface area (Å²) in [6.45, 7) is 7.21. The molecule has 0 amide bonds. The third-order valence-corrected chi connectivity index (χ3v) is 5.14. The predicted octanol–water partition coefficient (Wildman–Crippen LogP) is 2.83. The van der Waals surface area contributed by atoms with Crippen molar-refractivity contribution in [1.82, 2.24) is 10.6 Å². The van der Waals surface area contributed by atoms with E-state index in [1.165, 1.54) is 5.56 Å².